The van der Waals surface area contributed by atoms with Crippen molar-refractivity contribution in [3.05, 3.63) is 12.2 Å². The second-order valence-corrected chi connectivity index (χ2v) is 28.3. The van der Waals surface area contributed by atoms with Crippen molar-refractivity contribution in [1.29, 1.82) is 0 Å². The fourth-order valence-electron chi connectivity index (χ4n) is 11.9. The number of aliphatic hydroxyl groups excluding tert-OH is 1. The molecule has 0 spiro atoms. The number of hydrogen-bond donors (Lipinski definition) is 6. The first-order chi connectivity index (χ1) is 43.1. The second-order valence-electron chi connectivity index (χ2n) is 25.3. The van der Waals surface area contributed by atoms with Gasteiger partial charge in [-0.05, 0) is 57.8 Å². The van der Waals surface area contributed by atoms with E-state index >= 15 is 0 Å². The Balaban J connectivity index is 2.42. The topological polar surface area (TPSA) is 257 Å². The largest absolute Gasteiger partial charge is 0.470 e. The maximum Gasteiger partial charge on any atom is 0.470 e. The van der Waals surface area contributed by atoms with E-state index in [2.05, 4.69) is 45.2 Å². The van der Waals surface area contributed by atoms with Crippen LogP contribution in [-0.2, 0) is 61.1 Å². The Bertz CT molecular complexity index is 1760. The van der Waals surface area contributed by atoms with Gasteiger partial charge < -0.3 is 72.6 Å². The van der Waals surface area contributed by atoms with Crippen LogP contribution in [-0.4, -0.2) is 158 Å². The van der Waals surface area contributed by atoms with Gasteiger partial charge in [-0.2, -0.15) is 0 Å². The summed E-state index contributed by atoms with van der Waals surface area (Å²) in [7, 11) is -6.63. The van der Waals surface area contributed by atoms with Crippen molar-refractivity contribution in [1.82, 2.24) is 5.32 Å². The van der Waals surface area contributed by atoms with Crippen molar-refractivity contribution in [2.75, 3.05) is 60.0 Å². The number of ether oxygens (including phenoxy) is 9. The molecule has 19 nitrogen and oxygen atoms in total. The van der Waals surface area contributed by atoms with E-state index in [1.165, 1.54) is 110 Å². The van der Waals surface area contributed by atoms with E-state index < -0.39 is 82.9 Å². The molecule has 11 atom stereocenters. The number of phosphoric acid groups is 1. The van der Waals surface area contributed by atoms with E-state index in [1.807, 2.05) is 0 Å². The van der Waals surface area contributed by atoms with E-state index in [-0.39, 0.29) is 44.9 Å². The van der Waals surface area contributed by atoms with Gasteiger partial charge in [-0.1, -0.05) is 239 Å². The molecule has 2 saturated heterocycles. The van der Waals surface area contributed by atoms with Crippen LogP contribution in [0.4, 0.5) is 0 Å². The van der Waals surface area contributed by atoms with E-state index in [0.29, 0.717) is 26.1 Å². The summed E-state index contributed by atoms with van der Waals surface area (Å²) in [6.07, 6.45) is 36.6. The van der Waals surface area contributed by atoms with Gasteiger partial charge >= 0.3 is 15.4 Å². The molecule has 2 rings (SSSR count). The van der Waals surface area contributed by atoms with Gasteiger partial charge in [0.15, 0.2) is 12.6 Å². The molecule has 0 aromatic rings. The average Bonchev–Trinajstić information content (AvgIpc) is 0.931. The second kappa shape index (κ2) is 55.2. The highest BCUT2D eigenvalue weighted by Crippen LogP contribution is 2.43. The molecule has 1 amide bonds. The molecule has 0 bridgehead atoms. The first kappa shape index (κ1) is 84.2. The summed E-state index contributed by atoms with van der Waals surface area (Å²) in [6, 6.07) is -1.20. The lowest BCUT2D eigenvalue weighted by molar-refractivity contribution is -0.330. The fourth-order valence-corrected chi connectivity index (χ4v) is 12.8. The Morgan fingerprint density at radius 2 is 0.921 bits per heavy atom. The maximum absolute atomic E-state index is 14.2. The molecular formula is C68H133NO18P2. The Morgan fingerprint density at radius 1 is 0.472 bits per heavy atom. The summed E-state index contributed by atoms with van der Waals surface area (Å²) in [6.45, 7) is 8.57. The maximum atomic E-state index is 14.2. The quantitative estimate of drug-likeness (QED) is 0.0188. The minimum Gasteiger partial charge on any atom is -0.387 e. The Labute approximate surface area is 540 Å². The van der Waals surface area contributed by atoms with E-state index in [0.717, 1.165) is 141 Å². The van der Waals surface area contributed by atoms with Gasteiger partial charge in [0.05, 0.1) is 32.1 Å². The van der Waals surface area contributed by atoms with Crippen LogP contribution in [0.25, 0.3) is 0 Å². The van der Waals surface area contributed by atoms with Gasteiger partial charge in [-0.15, -0.1) is 0 Å². The molecule has 2 heterocycles. The fraction of sp³-hybridized carbons (Fsp3) is 0.956. The van der Waals surface area contributed by atoms with E-state index in [9.17, 15) is 38.6 Å². The first-order valence-electron chi connectivity index (χ1n) is 35.9. The lowest BCUT2D eigenvalue weighted by atomic mass is 9.95. The summed E-state index contributed by atoms with van der Waals surface area (Å²) in [5.41, 5.74) is 0. The van der Waals surface area contributed by atoms with Crippen molar-refractivity contribution in [2.24, 2.45) is 0 Å². The number of amides is 1. The van der Waals surface area contributed by atoms with Crippen molar-refractivity contribution in [2.45, 2.75) is 358 Å². The van der Waals surface area contributed by atoms with E-state index in [4.69, 9.17) is 47.2 Å². The zero-order valence-electron chi connectivity index (χ0n) is 56.9. The summed E-state index contributed by atoms with van der Waals surface area (Å²) in [4.78, 5) is 54.7. The van der Waals surface area contributed by atoms with Crippen molar-refractivity contribution < 1.29 is 85.8 Å². The molecule has 2 aliphatic rings. The third-order valence-corrected chi connectivity index (χ3v) is 18.6. The van der Waals surface area contributed by atoms with Crippen LogP contribution < -0.4 is 5.32 Å². The highest BCUT2D eigenvalue weighted by Gasteiger charge is 2.53. The molecule has 21 heteroatoms. The minimum absolute atomic E-state index is 0.0733. The van der Waals surface area contributed by atoms with Crippen LogP contribution in [0.1, 0.15) is 291 Å². The van der Waals surface area contributed by atoms with Gasteiger partial charge in [0, 0.05) is 40.5 Å². The first-order valence-corrected chi connectivity index (χ1v) is 39.3. The van der Waals surface area contributed by atoms with Crippen LogP contribution in [0.3, 0.4) is 0 Å². The molecule has 0 radical (unpaired) electrons. The highest BCUT2D eigenvalue weighted by atomic mass is 31.2. The van der Waals surface area contributed by atoms with Crippen LogP contribution in [0.5, 0.6) is 0 Å². The zero-order valence-corrected chi connectivity index (χ0v) is 58.7. The van der Waals surface area contributed by atoms with Crippen molar-refractivity contribution in [3.63, 3.8) is 0 Å². The molecular weight excluding hydrogens is 1180 g/mol. The standard InChI is InChI=1S/C68H133NO18P2/c1-7-11-15-19-22-25-27-29-30-31-32-34-36-40-44-48-60(70)69-61-64(82-52-49-57(79-6)47-43-39-18-14-10-4)63(87-89(75,76)77)59(55-78-5)86-67(61)84-56-58-62(71)65(80-50-45-41-37-24-21-17-13-9-3)66(68(85-58)83-53-54-88(72,73)74)81-51-46-42-38-35-33-28-26-23-20-16-12-8-2/h25,27,57-59,61-68,71H,7-24,26,28-56H2,1-6H3,(H,69,70)(H2,72,73,74)(H2,75,76,77)/b27-25-/t57-,58-,59-,61-,62-,63-,64-,65+,66-,67-,68-/m1/s1. The molecule has 0 aromatic heterocycles. The number of carbonyl (C=O) groups excluding carboxylic acids is 1. The Morgan fingerprint density at radius 3 is 1.42 bits per heavy atom. The van der Waals surface area contributed by atoms with Crippen LogP contribution in [0.2, 0.25) is 0 Å². The lowest BCUT2D eigenvalue weighted by Gasteiger charge is -2.47. The minimum atomic E-state index is -5.21. The highest BCUT2D eigenvalue weighted by molar-refractivity contribution is 7.51. The van der Waals surface area contributed by atoms with Crippen LogP contribution >= 0.6 is 15.4 Å². The third kappa shape index (κ3) is 43.0. The van der Waals surface area contributed by atoms with Crippen LogP contribution in [0.15, 0.2) is 12.2 Å². The molecule has 0 aromatic carbocycles. The van der Waals surface area contributed by atoms with Crippen molar-refractivity contribution >= 4 is 21.3 Å². The Kier molecular flexibility index (Phi) is 52.2. The zero-order chi connectivity index (χ0) is 65.1. The smallest absolute Gasteiger partial charge is 0.387 e. The number of unbranched alkanes of at least 4 members (excludes halogenated alkanes) is 33. The number of allylic oxidation sites excluding steroid dienone is 2. The van der Waals surface area contributed by atoms with Gasteiger partial charge in [0.1, 0.15) is 48.8 Å². The van der Waals surface area contributed by atoms with Gasteiger partial charge in [-0.3, -0.25) is 13.9 Å². The molecule has 2 fully saturated rings. The van der Waals surface area contributed by atoms with Crippen molar-refractivity contribution in [3.8, 4) is 0 Å². The molecule has 0 saturated carbocycles. The molecule has 0 aliphatic carbocycles. The third-order valence-electron chi connectivity index (χ3n) is 17.3. The summed E-state index contributed by atoms with van der Waals surface area (Å²) in [5.74, 6) is -0.348. The number of aliphatic hydroxyl groups is 1. The number of nitrogens with one attached hydrogen (secondary N) is 1. The summed E-state index contributed by atoms with van der Waals surface area (Å²) in [5, 5.41) is 15.5. The lowest BCUT2D eigenvalue weighted by Crippen LogP contribution is -2.67. The predicted molar refractivity (Wildman–Crippen MR) is 354 cm³/mol. The predicted octanol–water partition coefficient (Wildman–Crippen LogP) is 15.4. The average molecular weight is 1310 g/mol. The van der Waals surface area contributed by atoms with E-state index in [1.54, 1.807) is 7.11 Å². The van der Waals surface area contributed by atoms with Gasteiger partial charge in [-0.25, -0.2) is 4.57 Å². The normalized spacial score (nSPS) is 23.0. The number of rotatable bonds is 62. The van der Waals surface area contributed by atoms with Crippen LogP contribution in [0, 0.1) is 0 Å². The summed E-state index contributed by atoms with van der Waals surface area (Å²) < 4.78 is 87.3. The SMILES string of the molecule is CCCCCC/C=C\CCCCCCCCCC(=O)N[C@H]1[C@H](OC[C@H]2O[C@@H](OCCP(=O)(O)O)[C@H](OCCCCCCCCCCCCCC)[C@@H](OCCCCCCCCCC)[C@@H]2O)O[C@H](COC)[C@@H](OP(=O)(O)O)[C@@H]1OCC[C@@H](CCCCCCC)OC. The number of phosphoric ester groups is 1. The number of hydrogen-bond acceptors (Lipinski definition) is 14. The molecule has 0 unspecified atom stereocenters. The number of methoxy groups -OCH3 is 2. The molecule has 89 heavy (non-hydrogen) atoms. The monoisotopic (exact) mass is 1310 g/mol. The van der Waals surface area contributed by atoms with Gasteiger partial charge in [0.2, 0.25) is 5.91 Å². The summed E-state index contributed by atoms with van der Waals surface area (Å²) >= 11 is 0. The molecule has 528 valence electrons. The molecule has 6 N–H and O–H groups in total. The molecule has 2 aliphatic heterocycles. The number of carbonyl (C=O) groups is 1. The Hall–Kier alpha value is -0.930. The van der Waals surface area contributed by atoms with Gasteiger partial charge in [0.25, 0.3) is 0 Å².